The van der Waals surface area contributed by atoms with Gasteiger partial charge in [-0.3, -0.25) is 4.79 Å². The number of aliphatic imine (C=N–C) groups is 1. The van der Waals surface area contributed by atoms with Crippen molar-refractivity contribution in [3.8, 4) is 5.75 Å². The Labute approximate surface area is 114 Å². The van der Waals surface area contributed by atoms with E-state index in [1.807, 2.05) is 0 Å². The summed E-state index contributed by atoms with van der Waals surface area (Å²) < 4.78 is 4.93. The van der Waals surface area contributed by atoms with E-state index in [1.54, 1.807) is 0 Å². The van der Waals surface area contributed by atoms with Crippen LogP contribution in [0, 0.1) is 0 Å². The molecule has 0 aliphatic heterocycles. The van der Waals surface area contributed by atoms with E-state index in [1.165, 1.54) is 19.2 Å². The molecule has 0 saturated carbocycles. The highest BCUT2D eigenvalue weighted by atomic mass is 35.5. The van der Waals surface area contributed by atoms with Crippen molar-refractivity contribution in [1.82, 2.24) is 0 Å². The number of benzene rings is 1. The quantitative estimate of drug-likeness (QED) is 0.644. The standard InChI is InChI=1S/C9H9Cl2N3O2.ClH/c1-16-5-3-2-4(6(10)7(5)11)8(15)14-9(12)13;/h2-3H,1H3,(H4,12,13,14,15);1H. The van der Waals surface area contributed by atoms with Gasteiger partial charge < -0.3 is 16.2 Å². The molecule has 0 radical (unpaired) electrons. The van der Waals surface area contributed by atoms with Gasteiger partial charge in [0.2, 0.25) is 0 Å². The first-order valence-electron chi connectivity index (χ1n) is 4.13. The molecule has 0 aliphatic carbocycles. The highest BCUT2D eigenvalue weighted by Crippen LogP contribution is 2.34. The second-order valence-electron chi connectivity index (χ2n) is 2.79. The van der Waals surface area contributed by atoms with Crippen molar-refractivity contribution in [2.45, 2.75) is 0 Å². The maximum atomic E-state index is 11.5. The maximum Gasteiger partial charge on any atom is 0.281 e. The number of halogens is 3. The topological polar surface area (TPSA) is 90.7 Å². The molecule has 1 rings (SSSR count). The first-order valence-corrected chi connectivity index (χ1v) is 4.89. The van der Waals surface area contributed by atoms with Crippen LogP contribution >= 0.6 is 35.6 Å². The molecule has 1 amide bonds. The Kier molecular flexibility index (Phi) is 6.09. The van der Waals surface area contributed by atoms with Gasteiger partial charge in [0.25, 0.3) is 5.91 Å². The number of guanidine groups is 1. The van der Waals surface area contributed by atoms with Crippen molar-refractivity contribution in [1.29, 1.82) is 0 Å². The molecular weight excluding hydrogens is 288 g/mol. The van der Waals surface area contributed by atoms with Crippen LogP contribution in [0.2, 0.25) is 10.0 Å². The average Bonchev–Trinajstić information content (AvgIpc) is 2.20. The fraction of sp³-hybridized carbons (Fsp3) is 0.111. The Morgan fingerprint density at radius 3 is 2.35 bits per heavy atom. The summed E-state index contributed by atoms with van der Waals surface area (Å²) in [5.74, 6) is -0.629. The van der Waals surface area contributed by atoms with Crippen molar-refractivity contribution in [3.63, 3.8) is 0 Å². The van der Waals surface area contributed by atoms with Gasteiger partial charge in [0.15, 0.2) is 5.96 Å². The summed E-state index contributed by atoms with van der Waals surface area (Å²) in [6, 6.07) is 2.94. The van der Waals surface area contributed by atoms with Gasteiger partial charge in [-0.15, -0.1) is 12.4 Å². The lowest BCUT2D eigenvalue weighted by Crippen LogP contribution is -2.24. The van der Waals surface area contributed by atoms with Crippen molar-refractivity contribution in [2.24, 2.45) is 16.5 Å². The van der Waals surface area contributed by atoms with Gasteiger partial charge in [-0.05, 0) is 12.1 Å². The molecule has 0 aliphatic rings. The van der Waals surface area contributed by atoms with Gasteiger partial charge in [-0.25, -0.2) is 0 Å². The van der Waals surface area contributed by atoms with Crippen LogP contribution in [-0.2, 0) is 0 Å². The molecular formula is C9H10Cl3N3O2. The highest BCUT2D eigenvalue weighted by molar-refractivity contribution is 6.44. The van der Waals surface area contributed by atoms with E-state index in [9.17, 15) is 4.79 Å². The smallest absolute Gasteiger partial charge is 0.281 e. The minimum Gasteiger partial charge on any atom is -0.495 e. The lowest BCUT2D eigenvalue weighted by molar-refractivity contribution is 0.100. The third-order valence-corrected chi connectivity index (χ3v) is 2.59. The Balaban J connectivity index is 0.00000256. The fourth-order valence-corrected chi connectivity index (χ4v) is 1.51. The van der Waals surface area contributed by atoms with E-state index in [-0.39, 0.29) is 34.0 Å². The molecule has 0 heterocycles. The summed E-state index contributed by atoms with van der Waals surface area (Å²) in [6.07, 6.45) is 0. The summed E-state index contributed by atoms with van der Waals surface area (Å²) in [5.41, 5.74) is 10.3. The third-order valence-electron chi connectivity index (χ3n) is 1.73. The number of nitrogens with zero attached hydrogens (tertiary/aromatic N) is 1. The van der Waals surface area contributed by atoms with Gasteiger partial charge in [0.1, 0.15) is 10.8 Å². The van der Waals surface area contributed by atoms with Crippen LogP contribution in [-0.4, -0.2) is 19.0 Å². The van der Waals surface area contributed by atoms with Gasteiger partial charge in [0.05, 0.1) is 17.7 Å². The van der Waals surface area contributed by atoms with E-state index in [4.69, 9.17) is 39.4 Å². The molecule has 0 bridgehead atoms. The molecule has 0 atom stereocenters. The lowest BCUT2D eigenvalue weighted by Gasteiger charge is -2.06. The van der Waals surface area contributed by atoms with Crippen LogP contribution in [0.25, 0.3) is 0 Å². The zero-order valence-electron chi connectivity index (χ0n) is 8.74. The predicted octanol–water partition coefficient (Wildman–Crippen LogP) is 1.84. The van der Waals surface area contributed by atoms with E-state index in [0.717, 1.165) is 0 Å². The number of nitrogens with two attached hydrogens (primary N) is 2. The summed E-state index contributed by atoms with van der Waals surface area (Å²) >= 11 is 11.7. The van der Waals surface area contributed by atoms with Crippen LogP contribution in [0.1, 0.15) is 10.4 Å². The molecule has 0 aromatic heterocycles. The molecule has 5 nitrogen and oxygen atoms in total. The number of methoxy groups -OCH3 is 1. The average molecular weight is 299 g/mol. The Morgan fingerprint density at radius 1 is 1.29 bits per heavy atom. The number of hydrogen-bond acceptors (Lipinski definition) is 2. The van der Waals surface area contributed by atoms with Crippen LogP contribution in [0.3, 0.4) is 0 Å². The first kappa shape index (κ1) is 15.8. The summed E-state index contributed by atoms with van der Waals surface area (Å²) in [7, 11) is 1.44. The minimum atomic E-state index is -0.658. The molecule has 0 spiro atoms. The zero-order chi connectivity index (χ0) is 12.3. The molecule has 0 saturated heterocycles. The number of amides is 1. The molecule has 0 fully saturated rings. The van der Waals surface area contributed by atoms with E-state index in [0.29, 0.717) is 5.75 Å². The number of carbonyl (C=O) groups excluding carboxylic acids is 1. The fourth-order valence-electron chi connectivity index (χ4n) is 1.03. The summed E-state index contributed by atoms with van der Waals surface area (Å²) in [6.45, 7) is 0. The van der Waals surface area contributed by atoms with E-state index in [2.05, 4.69) is 4.99 Å². The number of hydrogen-bond donors (Lipinski definition) is 2. The molecule has 1 aromatic carbocycles. The first-order chi connectivity index (χ1) is 7.47. The number of carbonyl (C=O) groups is 1. The molecule has 17 heavy (non-hydrogen) atoms. The second-order valence-corrected chi connectivity index (χ2v) is 3.54. The molecule has 94 valence electrons. The van der Waals surface area contributed by atoms with Gasteiger partial charge >= 0.3 is 0 Å². The Morgan fingerprint density at radius 2 is 1.88 bits per heavy atom. The molecule has 8 heteroatoms. The van der Waals surface area contributed by atoms with E-state index >= 15 is 0 Å². The second kappa shape index (κ2) is 6.54. The molecule has 1 aromatic rings. The number of rotatable bonds is 2. The predicted molar refractivity (Wildman–Crippen MR) is 70.4 cm³/mol. The van der Waals surface area contributed by atoms with Crippen LogP contribution in [0.15, 0.2) is 17.1 Å². The van der Waals surface area contributed by atoms with Gasteiger partial charge in [-0.2, -0.15) is 4.99 Å². The van der Waals surface area contributed by atoms with Crippen LogP contribution in [0.5, 0.6) is 5.75 Å². The SMILES string of the molecule is COc1ccc(C(=O)N=C(N)N)c(Cl)c1Cl.Cl. The molecule has 4 N–H and O–H groups in total. The largest absolute Gasteiger partial charge is 0.495 e. The van der Waals surface area contributed by atoms with E-state index < -0.39 is 5.91 Å². The minimum absolute atomic E-state index is 0. The number of ether oxygens (including phenoxy) is 1. The normalized spacial score (nSPS) is 9.12. The van der Waals surface area contributed by atoms with Crippen molar-refractivity contribution in [3.05, 3.63) is 27.7 Å². The van der Waals surface area contributed by atoms with Crippen molar-refractivity contribution in [2.75, 3.05) is 7.11 Å². The monoisotopic (exact) mass is 297 g/mol. The summed E-state index contributed by atoms with van der Waals surface area (Å²) in [4.78, 5) is 14.9. The Bertz CT molecular complexity index is 459. The third kappa shape index (κ3) is 3.66. The van der Waals surface area contributed by atoms with Crippen molar-refractivity contribution >= 4 is 47.5 Å². The maximum absolute atomic E-state index is 11.5. The summed E-state index contributed by atoms with van der Waals surface area (Å²) in [5, 5.41) is 0.192. The van der Waals surface area contributed by atoms with Gasteiger partial charge in [0, 0.05) is 0 Å². The highest BCUT2D eigenvalue weighted by Gasteiger charge is 2.15. The van der Waals surface area contributed by atoms with Crippen LogP contribution < -0.4 is 16.2 Å². The molecule has 0 unspecified atom stereocenters. The Hall–Kier alpha value is -1.17. The van der Waals surface area contributed by atoms with Gasteiger partial charge in [-0.1, -0.05) is 23.2 Å². The zero-order valence-corrected chi connectivity index (χ0v) is 11.1. The van der Waals surface area contributed by atoms with Crippen LogP contribution in [0.4, 0.5) is 0 Å². The van der Waals surface area contributed by atoms with Crippen molar-refractivity contribution < 1.29 is 9.53 Å². The lowest BCUT2D eigenvalue weighted by atomic mass is 10.2.